The second-order valence-corrected chi connectivity index (χ2v) is 7.37. The van der Waals surface area contributed by atoms with Crippen molar-refractivity contribution >= 4 is 15.9 Å². The lowest BCUT2D eigenvalue weighted by atomic mass is 9.99. The summed E-state index contributed by atoms with van der Waals surface area (Å²) in [6, 6.07) is 1.91. The van der Waals surface area contributed by atoms with Crippen LogP contribution in [0.4, 0.5) is 0 Å². The van der Waals surface area contributed by atoms with E-state index in [1.54, 1.807) is 19.9 Å². The Bertz CT molecular complexity index is 695. The molecule has 0 aromatic heterocycles. The van der Waals surface area contributed by atoms with Crippen LogP contribution in [-0.4, -0.2) is 20.4 Å². The fraction of sp³-hybridized carbons (Fsp3) is 0.533. The molecule has 3 N–H and O–H groups in total. The highest BCUT2D eigenvalue weighted by molar-refractivity contribution is 7.89. The first-order valence-corrected chi connectivity index (χ1v) is 8.65. The maximum absolute atomic E-state index is 12.4. The lowest BCUT2D eigenvalue weighted by molar-refractivity contribution is 0.0947. The van der Waals surface area contributed by atoms with Gasteiger partial charge in [0.1, 0.15) is 0 Å². The third-order valence-corrected chi connectivity index (χ3v) is 5.37. The molecule has 21 heavy (non-hydrogen) atoms. The molecule has 1 saturated carbocycles. The summed E-state index contributed by atoms with van der Waals surface area (Å²) < 4.78 is 23.5. The van der Waals surface area contributed by atoms with Crippen LogP contribution < -0.4 is 10.5 Å². The second kappa shape index (κ2) is 5.42. The van der Waals surface area contributed by atoms with E-state index in [0.29, 0.717) is 22.6 Å². The van der Waals surface area contributed by atoms with E-state index in [2.05, 4.69) is 12.2 Å². The van der Waals surface area contributed by atoms with Gasteiger partial charge in [0.05, 0.1) is 4.90 Å². The summed E-state index contributed by atoms with van der Waals surface area (Å²) in [7, 11) is -3.85. The van der Waals surface area contributed by atoms with Crippen molar-refractivity contribution in [3.63, 3.8) is 0 Å². The number of rotatable bonds is 4. The van der Waals surface area contributed by atoms with Crippen LogP contribution in [0.3, 0.4) is 0 Å². The van der Waals surface area contributed by atoms with Crippen LogP contribution in [0, 0.1) is 26.7 Å². The van der Waals surface area contributed by atoms with Gasteiger partial charge in [-0.15, -0.1) is 0 Å². The number of nitrogens with two attached hydrogens (primary N) is 1. The largest absolute Gasteiger partial charge is 0.349 e. The van der Waals surface area contributed by atoms with Crippen molar-refractivity contribution in [2.24, 2.45) is 11.1 Å². The molecule has 0 bridgehead atoms. The summed E-state index contributed by atoms with van der Waals surface area (Å²) in [5.74, 6) is 0.327. The van der Waals surface area contributed by atoms with E-state index in [1.165, 1.54) is 0 Å². The van der Waals surface area contributed by atoms with Gasteiger partial charge < -0.3 is 5.32 Å². The Hall–Kier alpha value is -1.40. The Morgan fingerprint density at radius 2 is 1.95 bits per heavy atom. The minimum absolute atomic E-state index is 0.0566. The first-order valence-electron chi connectivity index (χ1n) is 7.11. The average Bonchev–Trinajstić information content (AvgIpc) is 3.04. The number of carbonyl (C=O) groups is 1. The predicted octanol–water partition coefficient (Wildman–Crippen LogP) is 1.79. The lowest BCUT2D eigenvalue weighted by Crippen LogP contribution is -2.29. The summed E-state index contributed by atoms with van der Waals surface area (Å²) in [5.41, 5.74) is 2.19. The molecule has 2 atom stereocenters. The zero-order valence-corrected chi connectivity index (χ0v) is 13.7. The van der Waals surface area contributed by atoms with Gasteiger partial charge in [0, 0.05) is 11.6 Å². The summed E-state index contributed by atoms with van der Waals surface area (Å²) in [6.07, 6.45) is 2.04. The number of benzene rings is 1. The number of amides is 1. The van der Waals surface area contributed by atoms with Crippen molar-refractivity contribution < 1.29 is 13.2 Å². The number of hydrogen-bond donors (Lipinski definition) is 2. The first-order chi connectivity index (χ1) is 9.66. The highest BCUT2D eigenvalue weighted by Gasteiger charge is 2.37. The van der Waals surface area contributed by atoms with Gasteiger partial charge in [-0.3, -0.25) is 4.79 Å². The van der Waals surface area contributed by atoms with Crippen molar-refractivity contribution in [3.05, 3.63) is 28.3 Å². The standard InChI is InChI=1S/C15H22N2O3S/c1-5-11-7-12(11)17-15(18)13-8(2)6-9(3)14(10(13)4)21(16,19)20/h6,11-12H,5,7H2,1-4H3,(H,17,18)(H2,16,19,20). The van der Waals surface area contributed by atoms with Crippen LogP contribution in [0.2, 0.25) is 0 Å². The number of primary sulfonamides is 1. The number of sulfonamides is 1. The molecule has 0 radical (unpaired) electrons. The fourth-order valence-electron chi connectivity index (χ4n) is 3.07. The number of aryl methyl sites for hydroxylation is 2. The molecular weight excluding hydrogens is 288 g/mol. The van der Waals surface area contributed by atoms with Gasteiger partial charge in [-0.1, -0.05) is 19.4 Å². The summed E-state index contributed by atoms with van der Waals surface area (Å²) in [6.45, 7) is 7.23. The van der Waals surface area contributed by atoms with Gasteiger partial charge in [-0.05, 0) is 49.8 Å². The highest BCUT2D eigenvalue weighted by atomic mass is 32.2. The SMILES string of the molecule is CCC1CC1NC(=O)c1c(C)cc(C)c(S(N)(=O)=O)c1C. The van der Waals surface area contributed by atoms with Crippen molar-refractivity contribution in [2.45, 2.75) is 51.5 Å². The molecule has 5 nitrogen and oxygen atoms in total. The molecule has 1 aromatic carbocycles. The number of carbonyl (C=O) groups excluding carboxylic acids is 1. The molecule has 1 aliphatic carbocycles. The average molecular weight is 310 g/mol. The third-order valence-electron chi connectivity index (χ3n) is 4.18. The molecule has 1 aromatic rings. The van der Waals surface area contributed by atoms with Gasteiger partial charge in [0.2, 0.25) is 10.0 Å². The number of hydrogen-bond acceptors (Lipinski definition) is 3. The van der Waals surface area contributed by atoms with Gasteiger partial charge in [0.15, 0.2) is 0 Å². The molecule has 0 saturated heterocycles. The van der Waals surface area contributed by atoms with E-state index in [1.807, 2.05) is 6.92 Å². The van der Waals surface area contributed by atoms with Crippen LogP contribution in [0.5, 0.6) is 0 Å². The van der Waals surface area contributed by atoms with Crippen molar-refractivity contribution in [1.29, 1.82) is 0 Å². The van der Waals surface area contributed by atoms with Gasteiger partial charge in [-0.25, -0.2) is 13.6 Å². The summed E-state index contributed by atoms with van der Waals surface area (Å²) >= 11 is 0. The predicted molar refractivity (Wildman–Crippen MR) is 81.7 cm³/mol. The maximum atomic E-state index is 12.4. The smallest absolute Gasteiger partial charge is 0.252 e. The zero-order valence-electron chi connectivity index (χ0n) is 12.9. The highest BCUT2D eigenvalue weighted by Crippen LogP contribution is 2.34. The van der Waals surface area contributed by atoms with Crippen molar-refractivity contribution in [1.82, 2.24) is 5.32 Å². The second-order valence-electron chi connectivity index (χ2n) is 5.87. The van der Waals surface area contributed by atoms with Crippen molar-refractivity contribution in [2.75, 3.05) is 0 Å². The summed E-state index contributed by atoms with van der Waals surface area (Å²) in [4.78, 5) is 12.5. The molecular formula is C15H22N2O3S. The zero-order chi connectivity index (χ0) is 15.9. The lowest BCUT2D eigenvalue weighted by Gasteiger charge is -2.16. The molecule has 1 aliphatic rings. The molecule has 1 fully saturated rings. The Morgan fingerprint density at radius 3 is 2.43 bits per heavy atom. The monoisotopic (exact) mass is 310 g/mol. The van der Waals surface area contributed by atoms with E-state index in [-0.39, 0.29) is 16.8 Å². The van der Waals surface area contributed by atoms with Gasteiger partial charge in [-0.2, -0.15) is 0 Å². The molecule has 2 unspecified atom stereocenters. The fourth-order valence-corrected chi connectivity index (χ4v) is 4.11. The minimum atomic E-state index is -3.85. The van der Waals surface area contributed by atoms with E-state index in [0.717, 1.165) is 18.4 Å². The van der Waals surface area contributed by atoms with Crippen LogP contribution in [0.25, 0.3) is 0 Å². The van der Waals surface area contributed by atoms with Gasteiger partial charge in [0.25, 0.3) is 5.91 Å². The van der Waals surface area contributed by atoms with Crippen LogP contribution in [-0.2, 0) is 10.0 Å². The van der Waals surface area contributed by atoms with E-state index in [4.69, 9.17) is 5.14 Å². The summed E-state index contributed by atoms with van der Waals surface area (Å²) in [5, 5.41) is 8.25. The Kier molecular flexibility index (Phi) is 4.13. The Balaban J connectivity index is 2.42. The molecule has 0 aliphatic heterocycles. The normalized spacial score (nSPS) is 21.2. The van der Waals surface area contributed by atoms with Crippen LogP contribution in [0.1, 0.15) is 46.8 Å². The van der Waals surface area contributed by atoms with E-state index in [9.17, 15) is 13.2 Å². The topological polar surface area (TPSA) is 89.3 Å². The van der Waals surface area contributed by atoms with E-state index >= 15 is 0 Å². The number of nitrogens with one attached hydrogen (secondary N) is 1. The van der Waals surface area contributed by atoms with Crippen molar-refractivity contribution in [3.8, 4) is 0 Å². The molecule has 116 valence electrons. The quantitative estimate of drug-likeness (QED) is 0.888. The Morgan fingerprint density at radius 1 is 1.33 bits per heavy atom. The van der Waals surface area contributed by atoms with Gasteiger partial charge >= 0.3 is 0 Å². The maximum Gasteiger partial charge on any atom is 0.252 e. The minimum Gasteiger partial charge on any atom is -0.349 e. The molecule has 2 rings (SSSR count). The Labute approximate surface area is 126 Å². The van der Waals surface area contributed by atoms with Crippen LogP contribution in [0.15, 0.2) is 11.0 Å². The molecule has 0 heterocycles. The molecule has 1 amide bonds. The first kappa shape index (κ1) is 16.0. The third kappa shape index (κ3) is 3.11. The molecule has 6 heteroatoms. The molecule has 0 spiro atoms. The van der Waals surface area contributed by atoms with E-state index < -0.39 is 10.0 Å². The van der Waals surface area contributed by atoms with Crippen LogP contribution >= 0.6 is 0 Å².